The highest BCUT2D eigenvalue weighted by Crippen LogP contribution is 2.35. The Kier molecular flexibility index (Phi) is 5.58. The molecular weight excluding hydrogens is 284 g/mol. The summed E-state index contributed by atoms with van der Waals surface area (Å²) in [6.07, 6.45) is 0.903. The van der Waals surface area contributed by atoms with Crippen molar-refractivity contribution in [2.45, 2.75) is 34.1 Å². The van der Waals surface area contributed by atoms with Gasteiger partial charge in [-0.25, -0.2) is 0 Å². The third kappa shape index (κ3) is 3.55. The maximum absolute atomic E-state index is 6.21. The molecule has 0 amide bonds. The van der Waals surface area contributed by atoms with Crippen LogP contribution in [-0.4, -0.2) is 28.9 Å². The van der Waals surface area contributed by atoms with E-state index in [-0.39, 0.29) is 0 Å². The number of fused-ring (bicyclic) bond motifs is 1. The van der Waals surface area contributed by atoms with Gasteiger partial charge in [0.1, 0.15) is 5.76 Å². The fourth-order valence-corrected chi connectivity index (χ4v) is 4.52. The van der Waals surface area contributed by atoms with Crippen LogP contribution in [0.2, 0.25) is 0 Å². The molecule has 5 heteroatoms. The van der Waals surface area contributed by atoms with Crippen LogP contribution in [0.4, 0.5) is 0 Å². The number of hydrogen-bond acceptors (Lipinski definition) is 4. The van der Waals surface area contributed by atoms with E-state index in [1.165, 1.54) is 11.1 Å². The number of allylic oxidation sites excluding steroid dienone is 1. The van der Waals surface area contributed by atoms with Crippen molar-refractivity contribution in [2.24, 2.45) is 0 Å². The normalized spacial score (nSPS) is 14.5. The first kappa shape index (κ1) is 16.2. The molecule has 21 heavy (non-hydrogen) atoms. The number of hydrogen-bond donors (Lipinski definition) is 0. The van der Waals surface area contributed by atoms with Crippen LogP contribution >= 0.6 is 0 Å². The summed E-state index contributed by atoms with van der Waals surface area (Å²) in [5, 5.41) is 0. The molecule has 1 aliphatic rings. The van der Waals surface area contributed by atoms with Gasteiger partial charge in [0.15, 0.2) is 0 Å². The zero-order valence-corrected chi connectivity index (χ0v) is 14.3. The fourth-order valence-electron chi connectivity index (χ4n) is 2.50. The second-order valence-corrected chi connectivity index (χ2v) is 6.91. The fraction of sp³-hybridized carbons (Fsp3) is 0.500. The molecule has 0 saturated heterocycles. The molecule has 0 bridgehead atoms. The van der Waals surface area contributed by atoms with Gasteiger partial charge in [0.2, 0.25) is 0 Å². The number of rotatable bonds is 8. The maximum atomic E-state index is 6.21. The first-order valence-corrected chi connectivity index (χ1v) is 9.18. The Hall–Kier alpha value is -1.14. The first-order chi connectivity index (χ1) is 10.2. The molecule has 0 N–H and O–H groups in total. The summed E-state index contributed by atoms with van der Waals surface area (Å²) in [6, 6.07) is 8.27. The molecule has 0 aromatic heterocycles. The lowest BCUT2D eigenvalue weighted by Gasteiger charge is -2.28. The molecule has 0 saturated carbocycles. The van der Waals surface area contributed by atoms with Crippen molar-refractivity contribution in [3.8, 4) is 0 Å². The van der Waals surface area contributed by atoms with Crippen molar-refractivity contribution in [3.05, 3.63) is 41.0 Å². The average molecular weight is 308 g/mol. The lowest BCUT2D eigenvalue weighted by Crippen LogP contribution is -2.48. The minimum Gasteiger partial charge on any atom is -0.480 e. The Morgan fingerprint density at radius 2 is 1.52 bits per heavy atom. The summed E-state index contributed by atoms with van der Waals surface area (Å²) in [5.41, 5.74) is 3.58. The molecule has 0 fully saturated rings. The highest BCUT2D eigenvalue weighted by molar-refractivity contribution is 6.54. The molecular formula is C16H24O4Si. The van der Waals surface area contributed by atoms with Gasteiger partial charge in [0.25, 0.3) is 0 Å². The molecule has 0 heterocycles. The average Bonchev–Trinajstić information content (AvgIpc) is 2.76. The smallest absolute Gasteiger partial charge is 0.480 e. The Labute approximate surface area is 128 Å². The predicted molar refractivity (Wildman–Crippen MR) is 84.5 cm³/mol. The van der Waals surface area contributed by atoms with Crippen LogP contribution in [0, 0.1) is 0 Å². The molecule has 1 aromatic carbocycles. The highest BCUT2D eigenvalue weighted by atomic mass is 28.4. The standard InChI is InChI=1S/C16H24O4Si/c1-5-17-21(18-6-2,19-7-3)20-16-13(4)12-14-10-8-9-11-15(14)16/h8-11H,5-7,12H2,1-4H3. The van der Waals surface area contributed by atoms with E-state index in [1.807, 2.05) is 32.9 Å². The van der Waals surface area contributed by atoms with E-state index < -0.39 is 9.05 Å². The van der Waals surface area contributed by atoms with Crippen molar-refractivity contribution in [1.29, 1.82) is 0 Å². The molecule has 116 valence electrons. The Bertz CT molecular complexity index is 496. The second kappa shape index (κ2) is 7.22. The monoisotopic (exact) mass is 308 g/mol. The Balaban J connectivity index is 2.29. The second-order valence-electron chi connectivity index (χ2n) is 4.84. The molecule has 0 aliphatic heterocycles. The molecule has 4 nitrogen and oxygen atoms in total. The van der Waals surface area contributed by atoms with Crippen LogP contribution in [0.5, 0.6) is 0 Å². The summed E-state index contributed by atoms with van der Waals surface area (Å²) < 4.78 is 23.5. The van der Waals surface area contributed by atoms with Gasteiger partial charge >= 0.3 is 9.05 Å². The minimum atomic E-state index is -3.13. The summed E-state index contributed by atoms with van der Waals surface area (Å²) in [4.78, 5) is 0. The van der Waals surface area contributed by atoms with Crippen molar-refractivity contribution in [3.63, 3.8) is 0 Å². The van der Waals surface area contributed by atoms with Gasteiger partial charge < -0.3 is 17.7 Å². The van der Waals surface area contributed by atoms with Crippen LogP contribution < -0.4 is 0 Å². The lowest BCUT2D eigenvalue weighted by molar-refractivity contribution is 0.00120. The highest BCUT2D eigenvalue weighted by Gasteiger charge is 2.49. The van der Waals surface area contributed by atoms with Crippen molar-refractivity contribution in [1.82, 2.24) is 0 Å². The Morgan fingerprint density at radius 1 is 0.952 bits per heavy atom. The van der Waals surface area contributed by atoms with Crippen LogP contribution in [-0.2, 0) is 24.1 Å². The first-order valence-electron chi connectivity index (χ1n) is 7.54. The SMILES string of the molecule is CCO[Si](OCC)(OCC)OC1=C(C)Cc2ccccc21. The topological polar surface area (TPSA) is 36.9 Å². The van der Waals surface area contributed by atoms with Gasteiger partial charge in [-0.05, 0) is 45.3 Å². The van der Waals surface area contributed by atoms with Crippen molar-refractivity contribution >= 4 is 14.8 Å². The summed E-state index contributed by atoms with van der Waals surface area (Å²) in [7, 11) is -3.13. The molecule has 0 radical (unpaired) electrons. The van der Waals surface area contributed by atoms with E-state index in [4.69, 9.17) is 17.7 Å². The maximum Gasteiger partial charge on any atom is 0.749 e. The minimum absolute atomic E-state index is 0.500. The molecule has 0 unspecified atom stereocenters. The molecule has 1 aromatic rings. The van der Waals surface area contributed by atoms with E-state index in [1.54, 1.807) is 0 Å². The summed E-state index contributed by atoms with van der Waals surface area (Å²) in [5.74, 6) is 0.854. The molecule has 1 aliphatic carbocycles. The lowest BCUT2D eigenvalue weighted by atomic mass is 10.1. The van der Waals surface area contributed by atoms with E-state index >= 15 is 0 Å². The van der Waals surface area contributed by atoms with E-state index in [0.29, 0.717) is 19.8 Å². The van der Waals surface area contributed by atoms with Crippen LogP contribution in [0.1, 0.15) is 38.8 Å². The van der Waals surface area contributed by atoms with E-state index in [9.17, 15) is 0 Å². The van der Waals surface area contributed by atoms with Gasteiger partial charge in [0.05, 0.1) is 0 Å². The van der Waals surface area contributed by atoms with Crippen LogP contribution in [0.15, 0.2) is 29.8 Å². The van der Waals surface area contributed by atoms with Gasteiger partial charge in [-0.15, -0.1) is 0 Å². The van der Waals surface area contributed by atoms with Crippen LogP contribution in [0.3, 0.4) is 0 Å². The summed E-state index contributed by atoms with van der Waals surface area (Å²) in [6.45, 7) is 9.35. The van der Waals surface area contributed by atoms with Gasteiger partial charge in [-0.2, -0.15) is 0 Å². The zero-order chi connectivity index (χ0) is 15.3. The third-order valence-electron chi connectivity index (χ3n) is 3.30. The Morgan fingerprint density at radius 3 is 2.10 bits per heavy atom. The van der Waals surface area contributed by atoms with Crippen LogP contribution in [0.25, 0.3) is 5.76 Å². The summed E-state index contributed by atoms with van der Waals surface area (Å²) >= 11 is 0. The number of benzene rings is 1. The molecule has 0 atom stereocenters. The van der Waals surface area contributed by atoms with Crippen molar-refractivity contribution < 1.29 is 17.7 Å². The van der Waals surface area contributed by atoms with Gasteiger partial charge in [-0.1, -0.05) is 24.3 Å². The molecule has 2 rings (SSSR count). The van der Waals surface area contributed by atoms with Gasteiger partial charge in [0, 0.05) is 25.4 Å². The van der Waals surface area contributed by atoms with E-state index in [0.717, 1.165) is 17.7 Å². The third-order valence-corrected chi connectivity index (χ3v) is 5.68. The largest absolute Gasteiger partial charge is 0.749 e. The zero-order valence-electron chi connectivity index (χ0n) is 13.3. The predicted octanol–water partition coefficient (Wildman–Crippen LogP) is 3.54. The molecule has 0 spiro atoms. The van der Waals surface area contributed by atoms with Gasteiger partial charge in [-0.3, -0.25) is 0 Å². The van der Waals surface area contributed by atoms with Crippen molar-refractivity contribution in [2.75, 3.05) is 19.8 Å². The van der Waals surface area contributed by atoms with E-state index in [2.05, 4.69) is 19.1 Å². The quantitative estimate of drug-likeness (QED) is 0.688.